The van der Waals surface area contributed by atoms with Gasteiger partial charge in [0.1, 0.15) is 0 Å². The van der Waals surface area contributed by atoms with E-state index in [0.717, 1.165) is 37.3 Å². The van der Waals surface area contributed by atoms with Crippen LogP contribution in [0.25, 0.3) is 0 Å². The second-order valence-electron chi connectivity index (χ2n) is 5.07. The highest BCUT2D eigenvalue weighted by molar-refractivity contribution is 9.10. The predicted molar refractivity (Wildman–Crippen MR) is 83.8 cm³/mol. The molecule has 1 aromatic carbocycles. The fourth-order valence-corrected chi connectivity index (χ4v) is 2.79. The number of rotatable bonds is 5. The smallest absolute Gasteiger partial charge is 0.0668 e. The zero-order valence-corrected chi connectivity index (χ0v) is 13.4. The van der Waals surface area contributed by atoms with Crippen LogP contribution in [0.1, 0.15) is 25.8 Å². The van der Waals surface area contributed by atoms with Crippen LogP contribution in [-0.4, -0.2) is 32.3 Å². The van der Waals surface area contributed by atoms with Crippen LogP contribution in [0.15, 0.2) is 22.7 Å². The lowest BCUT2D eigenvalue weighted by Gasteiger charge is -2.36. The average Bonchev–Trinajstić information content (AvgIpc) is 2.41. The van der Waals surface area contributed by atoms with E-state index >= 15 is 0 Å². The standard InChI is InChI=1S/C15H23BrN2O/c1-3-6-17-10-13-4-5-14(16)9-15(13)18-7-8-19-11-12(18)2/h4-5,9,12,17H,3,6-8,10-11H2,1-2H3. The number of morpholine rings is 1. The van der Waals surface area contributed by atoms with Gasteiger partial charge in [-0.15, -0.1) is 0 Å². The molecule has 0 saturated carbocycles. The van der Waals surface area contributed by atoms with Crippen molar-refractivity contribution in [1.82, 2.24) is 5.32 Å². The summed E-state index contributed by atoms with van der Waals surface area (Å²) in [5.74, 6) is 0. The highest BCUT2D eigenvalue weighted by Crippen LogP contribution is 2.28. The minimum Gasteiger partial charge on any atom is -0.377 e. The molecule has 0 bridgehead atoms. The first-order valence-electron chi connectivity index (χ1n) is 7.06. The van der Waals surface area contributed by atoms with Gasteiger partial charge in [-0.1, -0.05) is 28.9 Å². The maximum Gasteiger partial charge on any atom is 0.0668 e. The lowest BCUT2D eigenvalue weighted by atomic mass is 10.1. The van der Waals surface area contributed by atoms with Crippen molar-refractivity contribution in [2.75, 3.05) is 31.2 Å². The molecule has 0 radical (unpaired) electrons. The molecule has 19 heavy (non-hydrogen) atoms. The molecule has 3 nitrogen and oxygen atoms in total. The summed E-state index contributed by atoms with van der Waals surface area (Å²) in [6.07, 6.45) is 1.17. The first kappa shape index (κ1) is 14.8. The van der Waals surface area contributed by atoms with Gasteiger partial charge in [-0.2, -0.15) is 0 Å². The molecule has 1 fully saturated rings. The van der Waals surface area contributed by atoms with Gasteiger partial charge in [0, 0.05) is 29.3 Å². The molecule has 1 saturated heterocycles. The van der Waals surface area contributed by atoms with Crippen LogP contribution in [0.2, 0.25) is 0 Å². The molecule has 1 heterocycles. The zero-order valence-electron chi connectivity index (χ0n) is 11.8. The third-order valence-corrected chi connectivity index (χ3v) is 3.96. The highest BCUT2D eigenvalue weighted by atomic mass is 79.9. The molecule has 1 N–H and O–H groups in total. The second kappa shape index (κ2) is 7.27. The van der Waals surface area contributed by atoms with Crippen molar-refractivity contribution in [3.8, 4) is 0 Å². The Morgan fingerprint density at radius 1 is 1.47 bits per heavy atom. The van der Waals surface area contributed by atoms with E-state index in [1.54, 1.807) is 0 Å². The topological polar surface area (TPSA) is 24.5 Å². The number of hydrogen-bond donors (Lipinski definition) is 1. The van der Waals surface area contributed by atoms with Crippen LogP contribution < -0.4 is 10.2 Å². The molecule has 0 amide bonds. The number of hydrogen-bond acceptors (Lipinski definition) is 3. The van der Waals surface area contributed by atoms with Gasteiger partial charge in [0.15, 0.2) is 0 Å². The number of halogens is 1. The Morgan fingerprint density at radius 2 is 2.32 bits per heavy atom. The van der Waals surface area contributed by atoms with E-state index in [0.29, 0.717) is 6.04 Å². The quantitative estimate of drug-likeness (QED) is 0.841. The summed E-state index contributed by atoms with van der Waals surface area (Å²) >= 11 is 3.59. The van der Waals surface area contributed by atoms with Crippen molar-refractivity contribution in [3.63, 3.8) is 0 Å². The van der Waals surface area contributed by atoms with Crippen molar-refractivity contribution in [2.24, 2.45) is 0 Å². The SMILES string of the molecule is CCCNCc1ccc(Br)cc1N1CCOCC1C. The summed E-state index contributed by atoms with van der Waals surface area (Å²) in [5, 5.41) is 3.49. The van der Waals surface area contributed by atoms with E-state index in [1.165, 1.54) is 17.7 Å². The maximum atomic E-state index is 5.53. The average molecular weight is 327 g/mol. The van der Waals surface area contributed by atoms with Crippen LogP contribution in [0.4, 0.5) is 5.69 Å². The molecule has 2 rings (SSSR count). The Kier molecular flexibility index (Phi) is 5.67. The van der Waals surface area contributed by atoms with E-state index in [4.69, 9.17) is 4.74 Å². The van der Waals surface area contributed by atoms with Gasteiger partial charge in [0.2, 0.25) is 0 Å². The summed E-state index contributed by atoms with van der Waals surface area (Å²) in [5.41, 5.74) is 2.69. The van der Waals surface area contributed by atoms with Crippen LogP contribution in [-0.2, 0) is 11.3 Å². The fourth-order valence-electron chi connectivity index (χ4n) is 2.44. The lowest BCUT2D eigenvalue weighted by molar-refractivity contribution is 0.0988. The number of nitrogens with zero attached hydrogens (tertiary/aromatic N) is 1. The Morgan fingerprint density at radius 3 is 3.05 bits per heavy atom. The van der Waals surface area contributed by atoms with Crippen molar-refractivity contribution in [3.05, 3.63) is 28.2 Å². The molecule has 1 aliphatic heterocycles. The molecule has 0 aliphatic carbocycles. The van der Waals surface area contributed by atoms with Gasteiger partial charge < -0.3 is 15.0 Å². The van der Waals surface area contributed by atoms with Crippen LogP contribution in [0.5, 0.6) is 0 Å². The lowest BCUT2D eigenvalue weighted by Crippen LogP contribution is -2.44. The number of benzene rings is 1. The molecule has 1 unspecified atom stereocenters. The minimum absolute atomic E-state index is 0.438. The molecule has 1 aromatic rings. The monoisotopic (exact) mass is 326 g/mol. The molecular weight excluding hydrogens is 304 g/mol. The van der Waals surface area contributed by atoms with Crippen LogP contribution in [0.3, 0.4) is 0 Å². The van der Waals surface area contributed by atoms with Gasteiger partial charge in [0.25, 0.3) is 0 Å². The first-order valence-corrected chi connectivity index (χ1v) is 7.85. The maximum absolute atomic E-state index is 5.53. The summed E-state index contributed by atoms with van der Waals surface area (Å²) < 4.78 is 6.67. The van der Waals surface area contributed by atoms with E-state index in [-0.39, 0.29) is 0 Å². The molecule has 106 valence electrons. The summed E-state index contributed by atoms with van der Waals surface area (Å²) in [6, 6.07) is 7.00. The molecular formula is C15H23BrN2O. The Hall–Kier alpha value is -0.580. The summed E-state index contributed by atoms with van der Waals surface area (Å²) in [4.78, 5) is 2.46. The molecule has 1 atom stereocenters. The minimum atomic E-state index is 0.438. The molecule has 4 heteroatoms. The van der Waals surface area contributed by atoms with E-state index in [9.17, 15) is 0 Å². The van der Waals surface area contributed by atoms with Crippen molar-refractivity contribution >= 4 is 21.6 Å². The van der Waals surface area contributed by atoms with Gasteiger partial charge >= 0.3 is 0 Å². The van der Waals surface area contributed by atoms with Crippen molar-refractivity contribution < 1.29 is 4.74 Å². The van der Waals surface area contributed by atoms with E-state index in [2.05, 4.69) is 58.2 Å². The normalized spacial score (nSPS) is 19.7. The number of ether oxygens (including phenoxy) is 1. The highest BCUT2D eigenvalue weighted by Gasteiger charge is 2.21. The Bertz CT molecular complexity index is 411. The molecule has 1 aliphatic rings. The first-order chi connectivity index (χ1) is 9.22. The van der Waals surface area contributed by atoms with Gasteiger partial charge in [-0.25, -0.2) is 0 Å². The van der Waals surface area contributed by atoms with Crippen LogP contribution >= 0.6 is 15.9 Å². The summed E-state index contributed by atoms with van der Waals surface area (Å²) in [7, 11) is 0. The predicted octanol–water partition coefficient (Wildman–Crippen LogP) is 3.17. The number of anilines is 1. The summed E-state index contributed by atoms with van der Waals surface area (Å²) in [6.45, 7) is 9.02. The zero-order chi connectivity index (χ0) is 13.7. The Labute approximate surface area is 124 Å². The van der Waals surface area contributed by atoms with Crippen molar-refractivity contribution in [1.29, 1.82) is 0 Å². The molecule has 0 aromatic heterocycles. The Balaban J connectivity index is 2.18. The fraction of sp³-hybridized carbons (Fsp3) is 0.600. The van der Waals surface area contributed by atoms with Crippen molar-refractivity contribution in [2.45, 2.75) is 32.9 Å². The number of nitrogens with one attached hydrogen (secondary N) is 1. The van der Waals surface area contributed by atoms with Gasteiger partial charge in [-0.05, 0) is 37.6 Å². The van der Waals surface area contributed by atoms with Gasteiger partial charge in [-0.3, -0.25) is 0 Å². The van der Waals surface area contributed by atoms with E-state index in [1.807, 2.05) is 0 Å². The van der Waals surface area contributed by atoms with Crippen LogP contribution in [0, 0.1) is 0 Å². The third kappa shape index (κ3) is 3.94. The second-order valence-corrected chi connectivity index (χ2v) is 5.98. The van der Waals surface area contributed by atoms with Gasteiger partial charge in [0.05, 0.1) is 13.2 Å². The van der Waals surface area contributed by atoms with E-state index < -0.39 is 0 Å². The third-order valence-electron chi connectivity index (χ3n) is 3.47. The largest absolute Gasteiger partial charge is 0.377 e. The molecule has 0 spiro atoms.